The van der Waals surface area contributed by atoms with Crippen molar-refractivity contribution in [2.45, 2.75) is 53.1 Å². The normalized spacial score (nSPS) is 13.9. The largest absolute Gasteiger partial charge is 0.308 e. The number of nitrogens with one attached hydrogen (secondary N) is 1. The van der Waals surface area contributed by atoms with Gasteiger partial charge in [-0.25, -0.2) is 0 Å². The third kappa shape index (κ3) is 3.91. The van der Waals surface area contributed by atoms with E-state index in [0.29, 0.717) is 18.0 Å². The van der Waals surface area contributed by atoms with Crippen molar-refractivity contribution in [3.05, 3.63) is 12.2 Å². The molecule has 0 aromatic heterocycles. The second kappa shape index (κ2) is 5.36. The van der Waals surface area contributed by atoms with Crippen molar-refractivity contribution in [1.29, 1.82) is 0 Å². The van der Waals surface area contributed by atoms with Gasteiger partial charge in [0, 0.05) is 12.1 Å². The van der Waals surface area contributed by atoms with Gasteiger partial charge >= 0.3 is 0 Å². The van der Waals surface area contributed by atoms with Crippen LogP contribution in [-0.2, 0) is 0 Å². The Bertz CT molecular complexity index is 136. The third-order valence-corrected chi connectivity index (χ3v) is 2.13. The summed E-state index contributed by atoms with van der Waals surface area (Å²) in [6.45, 7) is 15.1. The molecule has 1 N–H and O–H groups in total. The van der Waals surface area contributed by atoms with Gasteiger partial charge in [-0.1, -0.05) is 46.8 Å². The van der Waals surface area contributed by atoms with Gasteiger partial charge in [-0.15, -0.1) is 0 Å². The Labute approximate surface area is 77.2 Å². The van der Waals surface area contributed by atoms with Crippen molar-refractivity contribution < 1.29 is 0 Å². The lowest BCUT2D eigenvalue weighted by atomic mass is 9.95. The summed E-state index contributed by atoms with van der Waals surface area (Å²) < 4.78 is 0. The van der Waals surface area contributed by atoms with Crippen molar-refractivity contribution in [1.82, 2.24) is 5.32 Å². The summed E-state index contributed by atoms with van der Waals surface area (Å²) in [5.74, 6) is 0.584. The average Bonchev–Trinajstić information content (AvgIpc) is 1.98. The molecule has 0 amide bonds. The minimum absolute atomic E-state index is 0.491. The first-order chi connectivity index (χ1) is 5.49. The Hall–Kier alpha value is -0.300. The van der Waals surface area contributed by atoms with E-state index >= 15 is 0 Å². The summed E-state index contributed by atoms with van der Waals surface area (Å²) in [4.78, 5) is 0. The number of rotatable bonds is 5. The summed E-state index contributed by atoms with van der Waals surface area (Å²) in [5.41, 5.74) is 1.33. The van der Waals surface area contributed by atoms with Crippen molar-refractivity contribution in [3.63, 3.8) is 0 Å². The highest BCUT2D eigenvalue weighted by Crippen LogP contribution is 2.14. The van der Waals surface area contributed by atoms with Gasteiger partial charge in [-0.05, 0) is 12.3 Å². The monoisotopic (exact) mass is 169 g/mol. The van der Waals surface area contributed by atoms with Gasteiger partial charge in [0.25, 0.3) is 0 Å². The highest BCUT2D eigenvalue weighted by atomic mass is 14.9. The van der Waals surface area contributed by atoms with Crippen molar-refractivity contribution in [2.24, 2.45) is 5.92 Å². The van der Waals surface area contributed by atoms with Gasteiger partial charge in [-0.2, -0.15) is 0 Å². The zero-order valence-corrected chi connectivity index (χ0v) is 9.15. The van der Waals surface area contributed by atoms with Gasteiger partial charge in [-0.3, -0.25) is 0 Å². The molecule has 1 nitrogen and oxygen atoms in total. The molecule has 0 saturated heterocycles. The fraction of sp³-hybridized carbons (Fsp3) is 0.818. The van der Waals surface area contributed by atoms with Crippen LogP contribution in [0.5, 0.6) is 0 Å². The molecule has 1 unspecified atom stereocenters. The maximum Gasteiger partial charge on any atom is 0.0278 e. The predicted octanol–water partition coefficient (Wildman–Crippen LogP) is 2.98. The van der Waals surface area contributed by atoms with Gasteiger partial charge in [0.05, 0.1) is 0 Å². The maximum absolute atomic E-state index is 4.12. The standard InChI is InChI=1S/C11H23N/c1-7-11(12-9(4)5)10(6)8(2)3/h8-9,11-12H,6-7H2,1-5H3. The highest BCUT2D eigenvalue weighted by molar-refractivity contribution is 5.07. The zero-order valence-electron chi connectivity index (χ0n) is 9.15. The SMILES string of the molecule is C=C(C(C)C)C(CC)NC(C)C. The fourth-order valence-electron chi connectivity index (χ4n) is 1.29. The minimum atomic E-state index is 0.491. The molecule has 0 fully saturated rings. The molecule has 0 saturated carbocycles. The average molecular weight is 169 g/mol. The van der Waals surface area contributed by atoms with E-state index in [1.54, 1.807) is 0 Å². The summed E-state index contributed by atoms with van der Waals surface area (Å²) in [6, 6.07) is 1.04. The van der Waals surface area contributed by atoms with Crippen LogP contribution >= 0.6 is 0 Å². The molecule has 0 aliphatic rings. The van der Waals surface area contributed by atoms with Crippen LogP contribution in [0.25, 0.3) is 0 Å². The van der Waals surface area contributed by atoms with E-state index in [-0.39, 0.29) is 0 Å². The first-order valence-corrected chi connectivity index (χ1v) is 4.93. The molecule has 0 aliphatic carbocycles. The van der Waals surface area contributed by atoms with E-state index in [1.807, 2.05) is 0 Å². The van der Waals surface area contributed by atoms with Crippen LogP contribution in [0.1, 0.15) is 41.0 Å². The van der Waals surface area contributed by atoms with Gasteiger partial charge in [0.2, 0.25) is 0 Å². The summed E-state index contributed by atoms with van der Waals surface area (Å²) in [7, 11) is 0. The van der Waals surface area contributed by atoms with E-state index in [2.05, 4.69) is 46.5 Å². The topological polar surface area (TPSA) is 12.0 Å². The van der Waals surface area contributed by atoms with Gasteiger partial charge < -0.3 is 5.32 Å². The van der Waals surface area contributed by atoms with Crippen molar-refractivity contribution in [3.8, 4) is 0 Å². The van der Waals surface area contributed by atoms with E-state index < -0.39 is 0 Å². The van der Waals surface area contributed by atoms with Crippen LogP contribution in [0.3, 0.4) is 0 Å². The van der Waals surface area contributed by atoms with Crippen molar-refractivity contribution in [2.75, 3.05) is 0 Å². The fourth-order valence-corrected chi connectivity index (χ4v) is 1.29. The molecule has 0 aromatic rings. The lowest BCUT2D eigenvalue weighted by Gasteiger charge is -2.24. The molecule has 0 aromatic carbocycles. The van der Waals surface area contributed by atoms with E-state index in [1.165, 1.54) is 5.57 Å². The Kier molecular flexibility index (Phi) is 5.23. The van der Waals surface area contributed by atoms with Crippen LogP contribution in [0, 0.1) is 5.92 Å². The van der Waals surface area contributed by atoms with Crippen LogP contribution in [0.4, 0.5) is 0 Å². The Morgan fingerprint density at radius 2 is 1.75 bits per heavy atom. The van der Waals surface area contributed by atoms with Gasteiger partial charge in [0.1, 0.15) is 0 Å². The van der Waals surface area contributed by atoms with Crippen LogP contribution in [-0.4, -0.2) is 12.1 Å². The molecular weight excluding hydrogens is 146 g/mol. The third-order valence-electron chi connectivity index (χ3n) is 2.13. The second-order valence-electron chi connectivity index (χ2n) is 4.01. The maximum atomic E-state index is 4.12. The Balaban J connectivity index is 4.06. The van der Waals surface area contributed by atoms with E-state index in [0.717, 1.165) is 6.42 Å². The molecule has 72 valence electrons. The van der Waals surface area contributed by atoms with Crippen LogP contribution in [0.2, 0.25) is 0 Å². The second-order valence-corrected chi connectivity index (χ2v) is 4.01. The van der Waals surface area contributed by atoms with Crippen LogP contribution < -0.4 is 5.32 Å². The molecule has 0 heterocycles. The Morgan fingerprint density at radius 1 is 1.25 bits per heavy atom. The molecular formula is C11H23N. The van der Waals surface area contributed by atoms with E-state index in [9.17, 15) is 0 Å². The molecule has 1 atom stereocenters. The predicted molar refractivity (Wildman–Crippen MR) is 56.3 cm³/mol. The van der Waals surface area contributed by atoms with Crippen molar-refractivity contribution >= 4 is 0 Å². The summed E-state index contributed by atoms with van der Waals surface area (Å²) in [5, 5.41) is 3.51. The first-order valence-electron chi connectivity index (χ1n) is 4.93. The molecule has 12 heavy (non-hydrogen) atoms. The summed E-state index contributed by atoms with van der Waals surface area (Å²) in [6.07, 6.45) is 1.13. The highest BCUT2D eigenvalue weighted by Gasteiger charge is 2.13. The Morgan fingerprint density at radius 3 is 2.00 bits per heavy atom. The zero-order chi connectivity index (χ0) is 9.72. The lowest BCUT2D eigenvalue weighted by molar-refractivity contribution is 0.468. The molecule has 0 spiro atoms. The molecule has 0 aliphatic heterocycles. The van der Waals surface area contributed by atoms with Gasteiger partial charge in [0.15, 0.2) is 0 Å². The van der Waals surface area contributed by atoms with E-state index in [4.69, 9.17) is 0 Å². The molecule has 0 radical (unpaired) electrons. The summed E-state index contributed by atoms with van der Waals surface area (Å²) >= 11 is 0. The number of hydrogen-bond acceptors (Lipinski definition) is 1. The first kappa shape index (κ1) is 11.7. The quantitative estimate of drug-likeness (QED) is 0.624. The molecule has 1 heteroatoms. The van der Waals surface area contributed by atoms with Crippen LogP contribution in [0.15, 0.2) is 12.2 Å². The number of hydrogen-bond donors (Lipinski definition) is 1. The smallest absolute Gasteiger partial charge is 0.0278 e. The minimum Gasteiger partial charge on any atom is -0.308 e. The molecule has 0 rings (SSSR count). The lowest BCUT2D eigenvalue weighted by Crippen LogP contribution is -2.36. The molecule has 0 bridgehead atoms.